The van der Waals surface area contributed by atoms with Gasteiger partial charge in [-0.1, -0.05) is 48.0 Å². The first-order valence-electron chi connectivity index (χ1n) is 8.69. The molecule has 4 nitrogen and oxygen atoms in total. The zero-order chi connectivity index (χ0) is 19.0. The molecule has 1 aromatic heterocycles. The molecule has 1 aliphatic heterocycles. The van der Waals surface area contributed by atoms with Gasteiger partial charge in [0.15, 0.2) is 9.84 Å². The van der Waals surface area contributed by atoms with Gasteiger partial charge < -0.3 is 4.90 Å². The Hall–Kier alpha value is -1.89. The van der Waals surface area contributed by atoms with Crippen LogP contribution in [0.15, 0.2) is 54.6 Å². The van der Waals surface area contributed by atoms with Crippen molar-refractivity contribution in [3.63, 3.8) is 0 Å². The van der Waals surface area contributed by atoms with Gasteiger partial charge >= 0.3 is 0 Å². The molecule has 0 aliphatic carbocycles. The fourth-order valence-electron chi connectivity index (χ4n) is 3.48. The van der Waals surface area contributed by atoms with Crippen molar-refractivity contribution in [3.05, 3.63) is 70.1 Å². The highest BCUT2D eigenvalue weighted by molar-refractivity contribution is 7.91. The van der Waals surface area contributed by atoms with Gasteiger partial charge in [-0.3, -0.25) is 4.79 Å². The van der Waals surface area contributed by atoms with E-state index >= 15 is 0 Å². The maximum Gasteiger partial charge on any atom is 0.263 e. The van der Waals surface area contributed by atoms with Crippen LogP contribution in [0.3, 0.4) is 0 Å². The Morgan fingerprint density at radius 3 is 2.59 bits per heavy atom. The van der Waals surface area contributed by atoms with Crippen LogP contribution >= 0.6 is 22.9 Å². The van der Waals surface area contributed by atoms with E-state index in [0.29, 0.717) is 28.4 Å². The largest absolute Gasteiger partial charge is 0.337 e. The molecule has 2 aromatic carbocycles. The maximum atomic E-state index is 13.0. The zero-order valence-corrected chi connectivity index (χ0v) is 16.9. The van der Waals surface area contributed by atoms with E-state index in [1.165, 1.54) is 11.3 Å². The van der Waals surface area contributed by atoms with Crippen molar-refractivity contribution in [1.29, 1.82) is 0 Å². The standard InChI is InChI=1S/C20H18ClNO3S2/c21-16-7-3-2-6-15(16)19-9-10-22(11-12-27(19,24)25)20(23)18-13-14-5-1-4-8-17(14)26-18/h1-8,13,19H,9-12H2. The van der Waals surface area contributed by atoms with Gasteiger partial charge in [0.05, 0.1) is 15.9 Å². The number of rotatable bonds is 2. The zero-order valence-electron chi connectivity index (χ0n) is 14.5. The second-order valence-corrected chi connectivity index (χ2v) is 10.4. The van der Waals surface area contributed by atoms with Crippen molar-refractivity contribution in [3.8, 4) is 0 Å². The molecular formula is C20H18ClNO3S2. The third-order valence-electron chi connectivity index (χ3n) is 4.92. The van der Waals surface area contributed by atoms with E-state index in [9.17, 15) is 13.2 Å². The van der Waals surface area contributed by atoms with E-state index in [0.717, 1.165) is 10.1 Å². The molecule has 1 atom stereocenters. The van der Waals surface area contributed by atoms with Crippen LogP contribution in [0.4, 0.5) is 0 Å². The number of hydrogen-bond donors (Lipinski definition) is 0. The number of halogens is 1. The molecule has 1 unspecified atom stereocenters. The molecule has 1 amide bonds. The molecule has 0 bridgehead atoms. The summed E-state index contributed by atoms with van der Waals surface area (Å²) in [5.74, 6) is -0.161. The first-order chi connectivity index (χ1) is 13.0. The van der Waals surface area contributed by atoms with Gasteiger partial charge in [-0.15, -0.1) is 11.3 Å². The smallest absolute Gasteiger partial charge is 0.263 e. The van der Waals surface area contributed by atoms with E-state index < -0.39 is 15.1 Å². The number of benzene rings is 2. The van der Waals surface area contributed by atoms with E-state index in [1.54, 1.807) is 29.2 Å². The number of sulfone groups is 1. The number of fused-ring (bicyclic) bond motifs is 1. The van der Waals surface area contributed by atoms with Crippen molar-refractivity contribution < 1.29 is 13.2 Å². The first-order valence-corrected chi connectivity index (χ1v) is 11.6. The third kappa shape index (κ3) is 3.61. The molecule has 2 heterocycles. The molecule has 1 aliphatic rings. The summed E-state index contributed by atoms with van der Waals surface area (Å²) in [5, 5.41) is 0.809. The van der Waals surface area contributed by atoms with Crippen molar-refractivity contribution in [2.45, 2.75) is 11.7 Å². The Morgan fingerprint density at radius 1 is 1.07 bits per heavy atom. The third-order valence-corrected chi connectivity index (χ3v) is 8.47. The van der Waals surface area contributed by atoms with E-state index in [2.05, 4.69) is 0 Å². The van der Waals surface area contributed by atoms with Crippen molar-refractivity contribution in [2.24, 2.45) is 0 Å². The molecule has 7 heteroatoms. The number of thiophene rings is 1. The minimum atomic E-state index is -3.38. The Balaban J connectivity index is 1.60. The van der Waals surface area contributed by atoms with Gasteiger partial charge in [0.1, 0.15) is 0 Å². The summed E-state index contributed by atoms with van der Waals surface area (Å²) in [4.78, 5) is 15.3. The van der Waals surface area contributed by atoms with Crippen LogP contribution in [0.1, 0.15) is 26.9 Å². The number of carbonyl (C=O) groups excluding carboxylic acids is 1. The van der Waals surface area contributed by atoms with Gasteiger partial charge in [-0.2, -0.15) is 0 Å². The first kappa shape index (κ1) is 18.5. The lowest BCUT2D eigenvalue weighted by Gasteiger charge is -2.19. The topological polar surface area (TPSA) is 54.5 Å². The van der Waals surface area contributed by atoms with Crippen molar-refractivity contribution in [2.75, 3.05) is 18.8 Å². The summed E-state index contributed by atoms with van der Waals surface area (Å²) in [6.45, 7) is 0.596. The molecule has 1 fully saturated rings. The SMILES string of the molecule is O=C(c1cc2ccccc2s1)N1CCC(c2ccccc2Cl)S(=O)(=O)CC1. The monoisotopic (exact) mass is 419 g/mol. The molecule has 0 saturated carbocycles. The Kier molecular flexibility index (Phi) is 4.97. The average Bonchev–Trinajstić information content (AvgIpc) is 3.02. The van der Waals surface area contributed by atoms with E-state index in [-0.39, 0.29) is 18.2 Å². The van der Waals surface area contributed by atoms with Crippen LogP contribution in [0, 0.1) is 0 Å². The molecule has 27 heavy (non-hydrogen) atoms. The fraction of sp³-hybridized carbons (Fsp3) is 0.250. The average molecular weight is 420 g/mol. The number of nitrogens with zero attached hydrogens (tertiary/aromatic N) is 1. The number of carbonyl (C=O) groups is 1. The summed E-state index contributed by atoms with van der Waals surface area (Å²) in [6, 6.07) is 16.8. The van der Waals surface area contributed by atoms with Gasteiger partial charge in [0, 0.05) is 22.8 Å². The van der Waals surface area contributed by atoms with E-state index in [4.69, 9.17) is 11.6 Å². The van der Waals surface area contributed by atoms with Crippen molar-refractivity contribution in [1.82, 2.24) is 4.90 Å². The fourth-order valence-corrected chi connectivity index (χ4v) is 6.65. The molecule has 0 radical (unpaired) electrons. The van der Waals surface area contributed by atoms with Crippen LogP contribution in [0.25, 0.3) is 10.1 Å². The van der Waals surface area contributed by atoms with Gasteiger partial charge in [0.2, 0.25) is 0 Å². The minimum absolute atomic E-state index is 0.0560. The lowest BCUT2D eigenvalue weighted by Crippen LogP contribution is -2.33. The van der Waals surface area contributed by atoms with Crippen LogP contribution in [0.2, 0.25) is 5.02 Å². The molecule has 1 saturated heterocycles. The number of amides is 1. The van der Waals surface area contributed by atoms with Crippen LogP contribution in [0.5, 0.6) is 0 Å². The molecule has 4 rings (SSSR count). The summed E-state index contributed by atoms with van der Waals surface area (Å²) in [7, 11) is -3.38. The van der Waals surface area contributed by atoms with Crippen LogP contribution < -0.4 is 0 Å². The summed E-state index contributed by atoms with van der Waals surface area (Å²) < 4.78 is 26.7. The predicted octanol–water partition coefficient (Wildman–Crippen LogP) is 4.56. The maximum absolute atomic E-state index is 13.0. The van der Waals surface area contributed by atoms with Gasteiger partial charge in [-0.05, 0) is 35.6 Å². The van der Waals surface area contributed by atoms with Crippen LogP contribution in [-0.4, -0.2) is 38.1 Å². The molecule has 140 valence electrons. The van der Waals surface area contributed by atoms with Crippen molar-refractivity contribution >= 4 is 48.8 Å². The predicted molar refractivity (Wildman–Crippen MR) is 110 cm³/mol. The Bertz CT molecular complexity index is 1070. The summed E-state index contributed by atoms with van der Waals surface area (Å²) >= 11 is 7.68. The molecule has 3 aromatic rings. The molecule has 0 N–H and O–H groups in total. The molecule has 0 spiro atoms. The second-order valence-electron chi connectivity index (χ2n) is 6.61. The summed E-state index contributed by atoms with van der Waals surface area (Å²) in [6.07, 6.45) is 0.350. The Labute approximate surface area is 167 Å². The normalized spacial score (nSPS) is 19.7. The Morgan fingerprint density at radius 2 is 1.81 bits per heavy atom. The minimum Gasteiger partial charge on any atom is -0.337 e. The highest BCUT2D eigenvalue weighted by atomic mass is 35.5. The molecular weight excluding hydrogens is 402 g/mol. The van der Waals surface area contributed by atoms with Crippen LogP contribution in [-0.2, 0) is 9.84 Å². The quantitative estimate of drug-likeness (QED) is 0.612. The van der Waals surface area contributed by atoms with Gasteiger partial charge in [0.25, 0.3) is 5.91 Å². The lowest BCUT2D eigenvalue weighted by atomic mass is 10.1. The highest BCUT2D eigenvalue weighted by Gasteiger charge is 2.34. The second kappa shape index (κ2) is 7.26. The number of hydrogen-bond acceptors (Lipinski definition) is 4. The highest BCUT2D eigenvalue weighted by Crippen LogP contribution is 2.34. The summed E-state index contributed by atoms with van der Waals surface area (Å²) in [5.41, 5.74) is 0.621. The van der Waals surface area contributed by atoms with E-state index in [1.807, 2.05) is 30.3 Å². The van der Waals surface area contributed by atoms with Gasteiger partial charge in [-0.25, -0.2) is 8.42 Å². The lowest BCUT2D eigenvalue weighted by molar-refractivity contribution is 0.0771.